The predicted molar refractivity (Wildman–Crippen MR) is 101 cm³/mol. The molecule has 0 aliphatic carbocycles. The number of carbonyl (C=O) groups is 1. The Bertz CT molecular complexity index is 1150. The van der Waals surface area contributed by atoms with E-state index in [-0.39, 0.29) is 5.56 Å². The van der Waals surface area contributed by atoms with Crippen molar-refractivity contribution in [3.8, 4) is 11.5 Å². The largest absolute Gasteiger partial charge is 0.457 e. The quantitative estimate of drug-likeness (QED) is 0.552. The molecular weight excluding hydrogens is 344 g/mol. The molecule has 2 aromatic carbocycles. The van der Waals surface area contributed by atoms with Gasteiger partial charge < -0.3 is 14.5 Å². The van der Waals surface area contributed by atoms with Crippen LogP contribution in [0.2, 0.25) is 0 Å². The number of fused-ring (bicyclic) bond motifs is 1. The molecule has 4 aromatic rings. The molecule has 2 aromatic heterocycles. The third kappa shape index (κ3) is 3.69. The first-order chi connectivity index (χ1) is 13.2. The molecule has 4 rings (SSSR count). The number of para-hydroxylation sites is 1. The van der Waals surface area contributed by atoms with E-state index < -0.39 is 11.5 Å². The number of anilines is 1. The fourth-order valence-corrected chi connectivity index (χ4v) is 2.57. The second-order valence-corrected chi connectivity index (χ2v) is 5.75. The standard InChI is InChI=1S/C21H14N2O4/c24-20(18-13-14-3-1-2-4-19(14)27-21(18)25)23-15-5-7-16(8-6-15)26-17-9-11-22-12-10-17/h1-13H,(H,23,24). The van der Waals surface area contributed by atoms with Crippen LogP contribution in [-0.4, -0.2) is 10.9 Å². The van der Waals surface area contributed by atoms with Crippen molar-refractivity contribution >= 4 is 22.6 Å². The summed E-state index contributed by atoms with van der Waals surface area (Å²) in [5.41, 5.74) is 0.251. The van der Waals surface area contributed by atoms with E-state index in [0.29, 0.717) is 28.2 Å². The Balaban J connectivity index is 1.51. The van der Waals surface area contributed by atoms with Crippen LogP contribution in [0.1, 0.15) is 10.4 Å². The Morgan fingerprint density at radius 1 is 0.926 bits per heavy atom. The van der Waals surface area contributed by atoms with E-state index in [2.05, 4.69) is 10.3 Å². The van der Waals surface area contributed by atoms with Gasteiger partial charge in [0.15, 0.2) is 0 Å². The van der Waals surface area contributed by atoms with Gasteiger partial charge in [-0.2, -0.15) is 0 Å². The third-order valence-corrected chi connectivity index (χ3v) is 3.88. The number of ether oxygens (including phenoxy) is 1. The second-order valence-electron chi connectivity index (χ2n) is 5.75. The molecule has 6 nitrogen and oxygen atoms in total. The zero-order valence-electron chi connectivity index (χ0n) is 14.1. The summed E-state index contributed by atoms with van der Waals surface area (Å²) in [4.78, 5) is 28.4. The molecule has 2 heterocycles. The summed E-state index contributed by atoms with van der Waals surface area (Å²) in [7, 11) is 0. The van der Waals surface area contributed by atoms with E-state index in [1.165, 1.54) is 6.07 Å². The summed E-state index contributed by atoms with van der Waals surface area (Å²) >= 11 is 0. The smallest absolute Gasteiger partial charge is 0.349 e. The van der Waals surface area contributed by atoms with Gasteiger partial charge in [0, 0.05) is 23.5 Å². The lowest BCUT2D eigenvalue weighted by Gasteiger charge is -2.08. The fourth-order valence-electron chi connectivity index (χ4n) is 2.57. The number of rotatable bonds is 4. The van der Waals surface area contributed by atoms with Gasteiger partial charge in [-0.1, -0.05) is 18.2 Å². The van der Waals surface area contributed by atoms with Crippen molar-refractivity contribution in [2.45, 2.75) is 0 Å². The topological polar surface area (TPSA) is 81.4 Å². The summed E-state index contributed by atoms with van der Waals surface area (Å²) < 4.78 is 10.9. The molecule has 6 heteroatoms. The molecule has 0 aliphatic heterocycles. The molecule has 132 valence electrons. The number of aromatic nitrogens is 1. The van der Waals surface area contributed by atoms with Crippen LogP contribution < -0.4 is 15.7 Å². The third-order valence-electron chi connectivity index (χ3n) is 3.88. The molecule has 1 amide bonds. The number of amides is 1. The van der Waals surface area contributed by atoms with Crippen molar-refractivity contribution in [3.05, 3.63) is 95.1 Å². The van der Waals surface area contributed by atoms with Crippen molar-refractivity contribution in [2.24, 2.45) is 0 Å². The molecule has 0 bridgehead atoms. The van der Waals surface area contributed by atoms with Gasteiger partial charge in [0.1, 0.15) is 22.6 Å². The average Bonchev–Trinajstić information content (AvgIpc) is 2.69. The van der Waals surface area contributed by atoms with Gasteiger partial charge >= 0.3 is 5.63 Å². The minimum absolute atomic E-state index is 0.0502. The van der Waals surface area contributed by atoms with E-state index in [9.17, 15) is 9.59 Å². The zero-order valence-corrected chi connectivity index (χ0v) is 14.1. The van der Waals surface area contributed by atoms with Crippen LogP contribution in [0.25, 0.3) is 11.0 Å². The Labute approximate surface area is 154 Å². The predicted octanol–water partition coefficient (Wildman–Crippen LogP) is 4.23. The molecule has 0 spiro atoms. The number of hydrogen-bond acceptors (Lipinski definition) is 5. The summed E-state index contributed by atoms with van der Waals surface area (Å²) in [5, 5.41) is 3.37. The molecule has 0 radical (unpaired) electrons. The number of hydrogen-bond donors (Lipinski definition) is 1. The monoisotopic (exact) mass is 358 g/mol. The van der Waals surface area contributed by atoms with Crippen molar-refractivity contribution in [2.75, 3.05) is 5.32 Å². The number of pyridine rings is 1. The highest BCUT2D eigenvalue weighted by Gasteiger charge is 2.14. The van der Waals surface area contributed by atoms with Crippen LogP contribution in [0.5, 0.6) is 11.5 Å². The summed E-state index contributed by atoms with van der Waals surface area (Å²) in [6.45, 7) is 0. The van der Waals surface area contributed by atoms with Gasteiger partial charge in [-0.25, -0.2) is 4.79 Å². The minimum atomic E-state index is -0.677. The Hall–Kier alpha value is -3.93. The van der Waals surface area contributed by atoms with E-state index in [1.54, 1.807) is 67.0 Å². The summed E-state index contributed by atoms with van der Waals surface area (Å²) in [6, 6.07) is 18.9. The Kier molecular flexibility index (Phi) is 4.37. The van der Waals surface area contributed by atoms with Crippen molar-refractivity contribution < 1.29 is 13.9 Å². The molecule has 0 unspecified atom stereocenters. The number of nitrogens with zero attached hydrogens (tertiary/aromatic N) is 1. The first-order valence-corrected chi connectivity index (χ1v) is 8.21. The van der Waals surface area contributed by atoms with Crippen molar-refractivity contribution in [1.82, 2.24) is 4.98 Å². The van der Waals surface area contributed by atoms with E-state index in [4.69, 9.17) is 9.15 Å². The number of nitrogens with one attached hydrogen (secondary N) is 1. The lowest BCUT2D eigenvalue weighted by Crippen LogP contribution is -2.20. The fraction of sp³-hybridized carbons (Fsp3) is 0. The highest BCUT2D eigenvalue weighted by atomic mass is 16.5. The van der Waals surface area contributed by atoms with Gasteiger partial charge in [-0.15, -0.1) is 0 Å². The maximum atomic E-state index is 12.4. The molecule has 1 N–H and O–H groups in total. The van der Waals surface area contributed by atoms with Crippen LogP contribution in [0.4, 0.5) is 5.69 Å². The molecular formula is C21H14N2O4. The molecule has 0 saturated heterocycles. The van der Waals surface area contributed by atoms with Crippen LogP contribution in [0.15, 0.2) is 88.3 Å². The van der Waals surface area contributed by atoms with Gasteiger partial charge in [0.2, 0.25) is 0 Å². The highest BCUT2D eigenvalue weighted by Crippen LogP contribution is 2.22. The van der Waals surface area contributed by atoms with Crippen LogP contribution >= 0.6 is 0 Å². The second kappa shape index (κ2) is 7.13. The number of carbonyl (C=O) groups excluding carboxylic acids is 1. The first-order valence-electron chi connectivity index (χ1n) is 8.21. The van der Waals surface area contributed by atoms with E-state index >= 15 is 0 Å². The zero-order chi connectivity index (χ0) is 18.6. The normalized spacial score (nSPS) is 10.5. The Morgan fingerprint density at radius 2 is 1.63 bits per heavy atom. The molecule has 0 atom stereocenters. The maximum Gasteiger partial charge on any atom is 0.349 e. The van der Waals surface area contributed by atoms with Crippen molar-refractivity contribution in [3.63, 3.8) is 0 Å². The van der Waals surface area contributed by atoms with Crippen LogP contribution in [0, 0.1) is 0 Å². The van der Waals surface area contributed by atoms with Gasteiger partial charge in [0.25, 0.3) is 5.91 Å². The number of benzene rings is 2. The van der Waals surface area contributed by atoms with Gasteiger partial charge in [-0.05, 0) is 48.5 Å². The van der Waals surface area contributed by atoms with E-state index in [0.717, 1.165) is 0 Å². The minimum Gasteiger partial charge on any atom is -0.457 e. The van der Waals surface area contributed by atoms with Crippen LogP contribution in [-0.2, 0) is 0 Å². The van der Waals surface area contributed by atoms with E-state index in [1.807, 2.05) is 6.07 Å². The lowest BCUT2D eigenvalue weighted by atomic mass is 10.1. The molecule has 0 fully saturated rings. The SMILES string of the molecule is O=C(Nc1ccc(Oc2ccncc2)cc1)c1cc2ccccc2oc1=O. The van der Waals surface area contributed by atoms with Gasteiger partial charge in [-0.3, -0.25) is 9.78 Å². The first kappa shape index (κ1) is 16.5. The lowest BCUT2D eigenvalue weighted by molar-refractivity contribution is 0.102. The molecule has 27 heavy (non-hydrogen) atoms. The summed E-state index contributed by atoms with van der Waals surface area (Å²) in [6.07, 6.45) is 3.28. The molecule has 0 saturated carbocycles. The highest BCUT2D eigenvalue weighted by molar-refractivity contribution is 6.05. The van der Waals surface area contributed by atoms with Crippen molar-refractivity contribution in [1.29, 1.82) is 0 Å². The maximum absolute atomic E-state index is 12.4. The average molecular weight is 358 g/mol. The Morgan fingerprint density at radius 3 is 2.41 bits per heavy atom. The molecule has 0 aliphatic rings. The van der Waals surface area contributed by atoms with Gasteiger partial charge in [0.05, 0.1) is 0 Å². The summed E-state index contributed by atoms with van der Waals surface area (Å²) in [5.74, 6) is 0.747. The van der Waals surface area contributed by atoms with Crippen LogP contribution in [0.3, 0.4) is 0 Å².